The molecule has 0 aliphatic heterocycles. The molecule has 4 heteroatoms. The van der Waals surface area contributed by atoms with Gasteiger partial charge < -0.3 is 15.2 Å². The van der Waals surface area contributed by atoms with Gasteiger partial charge in [0.1, 0.15) is 12.4 Å². The van der Waals surface area contributed by atoms with Crippen LogP contribution >= 0.6 is 11.3 Å². The zero-order valence-corrected chi connectivity index (χ0v) is 12.8. The van der Waals surface area contributed by atoms with E-state index >= 15 is 0 Å². The average Bonchev–Trinajstić information content (AvgIpc) is 2.84. The Balaban J connectivity index is 1.91. The van der Waals surface area contributed by atoms with E-state index in [1.165, 1.54) is 20.9 Å². The molecule has 0 bridgehead atoms. The van der Waals surface area contributed by atoms with Gasteiger partial charge in [0, 0.05) is 29.0 Å². The van der Waals surface area contributed by atoms with Gasteiger partial charge in [0.05, 0.1) is 6.61 Å². The molecule has 0 saturated heterocycles. The van der Waals surface area contributed by atoms with Gasteiger partial charge >= 0.3 is 0 Å². The number of nitrogens with two attached hydrogens (primary N) is 1. The van der Waals surface area contributed by atoms with Crippen LogP contribution in [0.15, 0.2) is 30.3 Å². The molecule has 2 aromatic rings. The van der Waals surface area contributed by atoms with E-state index in [0.717, 1.165) is 18.8 Å². The van der Waals surface area contributed by atoms with Crippen LogP contribution in [0.2, 0.25) is 0 Å². The number of ether oxygens (including phenoxy) is 2. The van der Waals surface area contributed by atoms with Crippen molar-refractivity contribution in [2.24, 2.45) is 5.73 Å². The molecule has 20 heavy (non-hydrogen) atoms. The molecule has 2 rings (SSSR count). The van der Waals surface area contributed by atoms with Gasteiger partial charge in [0.25, 0.3) is 0 Å². The van der Waals surface area contributed by atoms with Gasteiger partial charge in [-0.15, -0.1) is 11.3 Å². The summed E-state index contributed by atoms with van der Waals surface area (Å²) >= 11 is 1.74. The van der Waals surface area contributed by atoms with E-state index in [2.05, 4.69) is 25.1 Å². The lowest BCUT2D eigenvalue weighted by atomic mass is 10.1. The second-order valence-electron chi connectivity index (χ2n) is 4.67. The van der Waals surface area contributed by atoms with Gasteiger partial charge in [-0.25, -0.2) is 0 Å². The Kier molecular flexibility index (Phi) is 5.59. The van der Waals surface area contributed by atoms with Crippen LogP contribution in [0.4, 0.5) is 0 Å². The topological polar surface area (TPSA) is 44.5 Å². The van der Waals surface area contributed by atoms with E-state index in [4.69, 9.17) is 15.2 Å². The first-order valence-corrected chi connectivity index (χ1v) is 7.53. The van der Waals surface area contributed by atoms with Gasteiger partial charge in [-0.1, -0.05) is 12.1 Å². The van der Waals surface area contributed by atoms with Crippen molar-refractivity contribution in [2.45, 2.75) is 26.5 Å². The molecule has 0 amide bonds. The molecule has 1 aromatic heterocycles. The highest BCUT2D eigenvalue weighted by molar-refractivity contribution is 7.12. The first-order chi connectivity index (χ1) is 9.72. The fraction of sp³-hybridized carbons (Fsp3) is 0.375. The smallest absolute Gasteiger partial charge is 0.119 e. The van der Waals surface area contributed by atoms with Crippen molar-refractivity contribution in [3.8, 4) is 5.75 Å². The number of hydrogen-bond donors (Lipinski definition) is 1. The summed E-state index contributed by atoms with van der Waals surface area (Å²) < 4.78 is 10.9. The largest absolute Gasteiger partial charge is 0.489 e. The molecule has 0 unspecified atom stereocenters. The molecule has 0 atom stereocenters. The van der Waals surface area contributed by atoms with Crippen molar-refractivity contribution in [1.82, 2.24) is 0 Å². The molecule has 0 aliphatic rings. The first-order valence-electron chi connectivity index (χ1n) is 6.72. The number of thiophene rings is 1. The normalized spacial score (nSPS) is 10.8. The number of benzene rings is 1. The quantitative estimate of drug-likeness (QED) is 0.851. The maximum atomic E-state index is 5.82. The number of rotatable bonds is 7. The lowest BCUT2D eigenvalue weighted by Crippen LogP contribution is -1.97. The molecular weight excluding hydrogens is 270 g/mol. The van der Waals surface area contributed by atoms with Gasteiger partial charge in [-0.2, -0.15) is 0 Å². The molecular formula is C16H21NO2S. The third kappa shape index (κ3) is 4.07. The summed E-state index contributed by atoms with van der Waals surface area (Å²) in [5, 5.41) is 0. The summed E-state index contributed by atoms with van der Waals surface area (Å²) in [5.74, 6) is 0.895. The minimum absolute atomic E-state index is 0.597. The van der Waals surface area contributed by atoms with Crippen molar-refractivity contribution < 1.29 is 9.47 Å². The standard InChI is InChI=1S/C16H21NO2S/c1-12-14(9-16(10-17)20-12)11-19-15-5-3-13(4-6-15)7-8-18-2/h3-6,9H,7-8,10-11,17H2,1-2H3. The third-order valence-corrected chi connectivity index (χ3v) is 4.30. The average molecular weight is 291 g/mol. The Hall–Kier alpha value is -1.36. The van der Waals surface area contributed by atoms with Crippen molar-refractivity contribution in [3.63, 3.8) is 0 Å². The summed E-state index contributed by atoms with van der Waals surface area (Å²) in [6.07, 6.45) is 0.931. The van der Waals surface area contributed by atoms with Gasteiger partial charge in [-0.3, -0.25) is 0 Å². The second kappa shape index (κ2) is 7.43. The lowest BCUT2D eigenvalue weighted by molar-refractivity contribution is 0.202. The van der Waals surface area contributed by atoms with Crippen molar-refractivity contribution in [1.29, 1.82) is 0 Å². The molecule has 0 spiro atoms. The van der Waals surface area contributed by atoms with Crippen molar-refractivity contribution >= 4 is 11.3 Å². The summed E-state index contributed by atoms with van der Waals surface area (Å²) in [5.41, 5.74) is 8.14. The Morgan fingerprint density at radius 1 is 1.20 bits per heavy atom. The molecule has 0 radical (unpaired) electrons. The monoisotopic (exact) mass is 291 g/mol. The molecule has 108 valence electrons. The first kappa shape index (κ1) is 15.0. The van der Waals surface area contributed by atoms with E-state index < -0.39 is 0 Å². The van der Waals surface area contributed by atoms with Crippen LogP contribution < -0.4 is 10.5 Å². The molecule has 1 heterocycles. The Morgan fingerprint density at radius 2 is 1.95 bits per heavy atom. The lowest BCUT2D eigenvalue weighted by Gasteiger charge is -2.07. The molecule has 3 nitrogen and oxygen atoms in total. The van der Waals surface area contributed by atoms with E-state index in [1.54, 1.807) is 18.4 Å². The fourth-order valence-electron chi connectivity index (χ4n) is 1.96. The highest BCUT2D eigenvalue weighted by atomic mass is 32.1. The molecule has 0 aliphatic carbocycles. The Morgan fingerprint density at radius 3 is 2.55 bits per heavy atom. The zero-order chi connectivity index (χ0) is 14.4. The SMILES string of the molecule is COCCc1ccc(OCc2cc(CN)sc2C)cc1. The molecule has 1 aromatic carbocycles. The molecule has 0 saturated carbocycles. The fourth-order valence-corrected chi connectivity index (χ4v) is 2.89. The van der Waals surface area contributed by atoms with Crippen molar-refractivity contribution in [3.05, 3.63) is 51.2 Å². The minimum atomic E-state index is 0.597. The summed E-state index contributed by atoms with van der Waals surface area (Å²) in [4.78, 5) is 2.48. The van der Waals surface area contributed by atoms with Gasteiger partial charge in [-0.05, 0) is 37.1 Å². The van der Waals surface area contributed by atoms with Crippen LogP contribution in [-0.2, 0) is 24.3 Å². The van der Waals surface area contributed by atoms with E-state index in [-0.39, 0.29) is 0 Å². The summed E-state index contributed by atoms with van der Waals surface area (Å²) in [7, 11) is 1.72. The number of aryl methyl sites for hydroxylation is 1. The highest BCUT2D eigenvalue weighted by Gasteiger charge is 2.05. The van der Waals surface area contributed by atoms with E-state index in [9.17, 15) is 0 Å². The van der Waals surface area contributed by atoms with Crippen LogP contribution in [0.3, 0.4) is 0 Å². The van der Waals surface area contributed by atoms with Crippen LogP contribution in [0, 0.1) is 6.92 Å². The zero-order valence-electron chi connectivity index (χ0n) is 12.0. The Bertz CT molecular complexity index is 534. The number of methoxy groups -OCH3 is 1. The predicted octanol–water partition coefficient (Wildman–Crippen LogP) is 3.28. The van der Waals surface area contributed by atoms with Crippen molar-refractivity contribution in [2.75, 3.05) is 13.7 Å². The van der Waals surface area contributed by atoms with Gasteiger partial charge in [0.15, 0.2) is 0 Å². The second-order valence-corrected chi connectivity index (χ2v) is 6.01. The van der Waals surface area contributed by atoms with Crippen LogP contribution in [0.25, 0.3) is 0 Å². The summed E-state index contributed by atoms with van der Waals surface area (Å²) in [6, 6.07) is 10.3. The summed E-state index contributed by atoms with van der Waals surface area (Å²) in [6.45, 7) is 4.05. The molecule has 2 N–H and O–H groups in total. The maximum Gasteiger partial charge on any atom is 0.119 e. The maximum absolute atomic E-state index is 5.82. The number of hydrogen-bond acceptors (Lipinski definition) is 4. The predicted molar refractivity (Wildman–Crippen MR) is 83.3 cm³/mol. The highest BCUT2D eigenvalue weighted by Crippen LogP contribution is 2.23. The van der Waals surface area contributed by atoms with E-state index in [1.807, 2.05) is 12.1 Å². The minimum Gasteiger partial charge on any atom is -0.489 e. The van der Waals surface area contributed by atoms with E-state index in [0.29, 0.717) is 13.2 Å². The van der Waals surface area contributed by atoms with Gasteiger partial charge in [0.2, 0.25) is 0 Å². The third-order valence-electron chi connectivity index (χ3n) is 3.19. The van der Waals surface area contributed by atoms with Crippen LogP contribution in [-0.4, -0.2) is 13.7 Å². The molecule has 0 fully saturated rings. The van der Waals surface area contributed by atoms with Crippen LogP contribution in [0.5, 0.6) is 5.75 Å². The van der Waals surface area contributed by atoms with Crippen LogP contribution in [0.1, 0.15) is 20.9 Å². The Labute approximate surface area is 124 Å².